The molecule has 0 spiro atoms. The average molecular weight is 239 g/mol. The maximum Gasteiger partial charge on any atom is 0.0772 e. The third-order valence-corrected chi connectivity index (χ3v) is 4.86. The molecular formula is C15H29NO. The van der Waals surface area contributed by atoms with E-state index in [0.29, 0.717) is 11.5 Å². The number of nitrogens with one attached hydrogen (secondary N) is 1. The minimum absolute atomic E-state index is 0.433. The van der Waals surface area contributed by atoms with E-state index in [-0.39, 0.29) is 0 Å². The molecule has 2 saturated carbocycles. The van der Waals surface area contributed by atoms with Crippen LogP contribution in [0.15, 0.2) is 0 Å². The first-order valence-corrected chi connectivity index (χ1v) is 7.40. The van der Waals surface area contributed by atoms with Crippen molar-refractivity contribution in [2.45, 2.75) is 77.4 Å². The molecule has 17 heavy (non-hydrogen) atoms. The van der Waals surface area contributed by atoms with E-state index in [0.717, 1.165) is 38.1 Å². The van der Waals surface area contributed by atoms with Crippen molar-refractivity contribution in [3.05, 3.63) is 0 Å². The van der Waals surface area contributed by atoms with Gasteiger partial charge in [0.15, 0.2) is 0 Å². The highest BCUT2D eigenvalue weighted by Gasteiger charge is 2.38. The fourth-order valence-electron chi connectivity index (χ4n) is 3.03. The Morgan fingerprint density at radius 2 is 1.76 bits per heavy atom. The summed E-state index contributed by atoms with van der Waals surface area (Å²) in [7, 11) is 0. The molecule has 0 aromatic heterocycles. The van der Waals surface area contributed by atoms with Crippen molar-refractivity contribution in [1.82, 2.24) is 5.32 Å². The average Bonchev–Trinajstić information content (AvgIpc) is 3.09. The molecule has 1 atom stereocenters. The zero-order valence-electron chi connectivity index (χ0n) is 11.8. The van der Waals surface area contributed by atoms with Gasteiger partial charge in [-0.3, -0.25) is 0 Å². The van der Waals surface area contributed by atoms with Gasteiger partial charge >= 0.3 is 0 Å². The highest BCUT2D eigenvalue weighted by atomic mass is 16.3. The van der Waals surface area contributed by atoms with Crippen molar-refractivity contribution in [3.8, 4) is 0 Å². The maximum atomic E-state index is 10.6. The Bertz CT molecular complexity index is 248. The predicted molar refractivity (Wildman–Crippen MR) is 72.0 cm³/mol. The van der Waals surface area contributed by atoms with Gasteiger partial charge in [0.1, 0.15) is 0 Å². The van der Waals surface area contributed by atoms with Crippen LogP contribution in [0.1, 0.15) is 65.7 Å². The zero-order chi connectivity index (χ0) is 12.5. The molecule has 0 aromatic carbocycles. The molecule has 2 rings (SSSR count). The molecule has 2 N–H and O–H groups in total. The van der Waals surface area contributed by atoms with Crippen molar-refractivity contribution in [2.24, 2.45) is 11.3 Å². The second-order valence-electron chi connectivity index (χ2n) is 7.12. The molecule has 100 valence electrons. The van der Waals surface area contributed by atoms with E-state index in [9.17, 15) is 5.11 Å². The molecular weight excluding hydrogens is 210 g/mol. The Morgan fingerprint density at radius 3 is 2.24 bits per heavy atom. The van der Waals surface area contributed by atoms with E-state index < -0.39 is 5.60 Å². The lowest BCUT2D eigenvalue weighted by molar-refractivity contribution is -0.0265. The Kier molecular flexibility index (Phi) is 3.84. The van der Waals surface area contributed by atoms with Crippen molar-refractivity contribution >= 4 is 0 Å². The molecule has 1 unspecified atom stereocenters. The van der Waals surface area contributed by atoms with Crippen LogP contribution in [0.2, 0.25) is 0 Å². The lowest BCUT2D eigenvalue weighted by atomic mass is 9.71. The lowest BCUT2D eigenvalue weighted by Gasteiger charge is -2.41. The fourth-order valence-corrected chi connectivity index (χ4v) is 3.03. The summed E-state index contributed by atoms with van der Waals surface area (Å²) in [5, 5.41) is 14.2. The highest BCUT2D eigenvalue weighted by Crippen LogP contribution is 2.40. The van der Waals surface area contributed by atoms with E-state index in [4.69, 9.17) is 0 Å². The lowest BCUT2D eigenvalue weighted by Crippen LogP contribution is -2.48. The summed E-state index contributed by atoms with van der Waals surface area (Å²) in [4.78, 5) is 0. The first-order valence-electron chi connectivity index (χ1n) is 7.40. The van der Waals surface area contributed by atoms with Gasteiger partial charge < -0.3 is 10.4 Å². The zero-order valence-corrected chi connectivity index (χ0v) is 11.8. The second-order valence-corrected chi connectivity index (χ2v) is 7.12. The maximum absolute atomic E-state index is 10.6. The molecule has 2 aliphatic carbocycles. The van der Waals surface area contributed by atoms with Crippen LogP contribution in [0.25, 0.3) is 0 Å². The summed E-state index contributed by atoms with van der Waals surface area (Å²) in [5.74, 6) is 0.892. The van der Waals surface area contributed by atoms with Crippen LogP contribution >= 0.6 is 0 Å². The molecule has 2 fully saturated rings. The Morgan fingerprint density at radius 1 is 1.18 bits per heavy atom. The molecule has 0 saturated heterocycles. The van der Waals surface area contributed by atoms with Crippen molar-refractivity contribution in [1.29, 1.82) is 0 Å². The van der Waals surface area contributed by atoms with Crippen LogP contribution in [0.4, 0.5) is 0 Å². The molecule has 0 heterocycles. The number of hydrogen-bond acceptors (Lipinski definition) is 2. The summed E-state index contributed by atoms with van der Waals surface area (Å²) in [6.45, 7) is 7.69. The Labute approximate surface area is 106 Å². The van der Waals surface area contributed by atoms with E-state index in [1.165, 1.54) is 19.3 Å². The standard InChI is InChI=1S/C15H29NO/c1-4-13(12-5-6-12)16-11-15(17)9-7-14(2,3)8-10-15/h12-13,16-17H,4-11H2,1-3H3. The van der Waals surface area contributed by atoms with E-state index >= 15 is 0 Å². The molecule has 0 bridgehead atoms. The Hall–Kier alpha value is -0.0800. The van der Waals surface area contributed by atoms with E-state index in [1.807, 2.05) is 0 Å². The summed E-state index contributed by atoms with van der Waals surface area (Å²) in [5.41, 5.74) is 0.00467. The molecule has 0 aliphatic heterocycles. The quantitative estimate of drug-likeness (QED) is 0.772. The van der Waals surface area contributed by atoms with Gasteiger partial charge in [0.25, 0.3) is 0 Å². The predicted octanol–water partition coefficient (Wildman–Crippen LogP) is 3.10. The van der Waals surface area contributed by atoms with Gasteiger partial charge in [0.05, 0.1) is 5.60 Å². The summed E-state index contributed by atoms with van der Waals surface area (Å²) < 4.78 is 0. The summed E-state index contributed by atoms with van der Waals surface area (Å²) in [6, 6.07) is 0.647. The van der Waals surface area contributed by atoms with E-state index in [2.05, 4.69) is 26.1 Å². The minimum Gasteiger partial charge on any atom is -0.389 e. The van der Waals surface area contributed by atoms with Crippen LogP contribution in [0.5, 0.6) is 0 Å². The van der Waals surface area contributed by atoms with Gasteiger partial charge in [-0.05, 0) is 56.3 Å². The van der Waals surface area contributed by atoms with Gasteiger partial charge in [-0.25, -0.2) is 0 Å². The van der Waals surface area contributed by atoms with Gasteiger partial charge in [-0.15, -0.1) is 0 Å². The third kappa shape index (κ3) is 3.69. The highest BCUT2D eigenvalue weighted by molar-refractivity contribution is 4.93. The first-order chi connectivity index (χ1) is 7.94. The monoisotopic (exact) mass is 239 g/mol. The van der Waals surface area contributed by atoms with Gasteiger partial charge in [0, 0.05) is 12.6 Å². The number of aliphatic hydroxyl groups is 1. The van der Waals surface area contributed by atoms with Crippen LogP contribution in [0.3, 0.4) is 0 Å². The molecule has 2 aliphatic rings. The van der Waals surface area contributed by atoms with Crippen molar-refractivity contribution in [2.75, 3.05) is 6.54 Å². The van der Waals surface area contributed by atoms with Crippen LogP contribution in [0, 0.1) is 11.3 Å². The van der Waals surface area contributed by atoms with Crippen molar-refractivity contribution < 1.29 is 5.11 Å². The molecule has 2 nitrogen and oxygen atoms in total. The normalized spacial score (nSPS) is 28.9. The molecule has 2 heteroatoms. The largest absolute Gasteiger partial charge is 0.389 e. The van der Waals surface area contributed by atoms with Gasteiger partial charge in [-0.1, -0.05) is 20.8 Å². The first kappa shape index (κ1) is 13.4. The molecule has 0 radical (unpaired) electrons. The Balaban J connectivity index is 1.77. The van der Waals surface area contributed by atoms with Crippen molar-refractivity contribution in [3.63, 3.8) is 0 Å². The van der Waals surface area contributed by atoms with Crippen LogP contribution in [-0.2, 0) is 0 Å². The minimum atomic E-state index is -0.433. The van der Waals surface area contributed by atoms with Gasteiger partial charge in [-0.2, -0.15) is 0 Å². The summed E-state index contributed by atoms with van der Waals surface area (Å²) in [6.07, 6.45) is 8.22. The van der Waals surface area contributed by atoms with Crippen LogP contribution < -0.4 is 5.32 Å². The molecule has 0 aromatic rings. The third-order valence-electron chi connectivity index (χ3n) is 4.86. The smallest absolute Gasteiger partial charge is 0.0772 e. The van der Waals surface area contributed by atoms with Gasteiger partial charge in [0.2, 0.25) is 0 Å². The number of hydrogen-bond donors (Lipinski definition) is 2. The van der Waals surface area contributed by atoms with Crippen LogP contribution in [-0.4, -0.2) is 23.3 Å². The topological polar surface area (TPSA) is 32.3 Å². The fraction of sp³-hybridized carbons (Fsp3) is 1.00. The second kappa shape index (κ2) is 4.89. The molecule has 0 amide bonds. The SMILES string of the molecule is CCC(NCC1(O)CCC(C)(C)CC1)C1CC1. The summed E-state index contributed by atoms with van der Waals surface area (Å²) >= 11 is 0. The van der Waals surface area contributed by atoms with E-state index in [1.54, 1.807) is 0 Å². The number of rotatable bonds is 5.